The first-order valence-electron chi connectivity index (χ1n) is 10.4. The Morgan fingerprint density at radius 1 is 1.09 bits per heavy atom. The molecule has 1 N–H and O–H groups in total. The van der Waals surface area contributed by atoms with Crippen molar-refractivity contribution >= 4 is 17.2 Å². The van der Waals surface area contributed by atoms with Gasteiger partial charge in [-0.3, -0.25) is 4.79 Å². The number of hydrogen-bond acceptors (Lipinski definition) is 6. The fraction of sp³-hybridized carbons (Fsp3) is 0.125. The zero-order valence-corrected chi connectivity index (χ0v) is 19.0. The molecule has 0 radical (unpaired) electrons. The molecule has 4 heterocycles. The smallest absolute Gasteiger partial charge is 0.271 e. The molecule has 4 aromatic heterocycles. The summed E-state index contributed by atoms with van der Waals surface area (Å²) in [6.07, 6.45) is 5.41. The molecule has 0 aliphatic heterocycles. The zero-order chi connectivity index (χ0) is 22.8. The van der Waals surface area contributed by atoms with Crippen molar-refractivity contribution in [3.05, 3.63) is 95.1 Å². The maximum Gasteiger partial charge on any atom is 0.271 e. The number of aryl methyl sites for hydroxylation is 2. The third-order valence-corrected chi connectivity index (χ3v) is 5.97. The van der Waals surface area contributed by atoms with Crippen molar-refractivity contribution in [2.75, 3.05) is 0 Å². The lowest BCUT2D eigenvalue weighted by atomic mass is 10.2. The lowest BCUT2D eigenvalue weighted by molar-refractivity contribution is 0.0946. The van der Waals surface area contributed by atoms with E-state index in [0.29, 0.717) is 12.2 Å². The Balaban J connectivity index is 1.23. The second-order valence-electron chi connectivity index (χ2n) is 7.59. The summed E-state index contributed by atoms with van der Waals surface area (Å²) in [6, 6.07) is 15.7. The minimum Gasteiger partial charge on any atom is -0.347 e. The largest absolute Gasteiger partial charge is 0.347 e. The van der Waals surface area contributed by atoms with Crippen LogP contribution in [0.2, 0.25) is 0 Å². The predicted octanol–water partition coefficient (Wildman–Crippen LogP) is 4.12. The first-order chi connectivity index (χ1) is 16.1. The van der Waals surface area contributed by atoms with Gasteiger partial charge in [0.15, 0.2) is 5.82 Å². The van der Waals surface area contributed by atoms with E-state index in [0.717, 1.165) is 39.0 Å². The number of pyridine rings is 1. The van der Waals surface area contributed by atoms with Crippen molar-refractivity contribution in [1.29, 1.82) is 0 Å². The van der Waals surface area contributed by atoms with Gasteiger partial charge in [-0.1, -0.05) is 24.3 Å². The predicted molar refractivity (Wildman–Crippen MR) is 127 cm³/mol. The molecule has 0 atom stereocenters. The molecule has 0 saturated heterocycles. The van der Waals surface area contributed by atoms with Crippen molar-refractivity contribution in [2.24, 2.45) is 0 Å². The fourth-order valence-electron chi connectivity index (χ4n) is 3.45. The quantitative estimate of drug-likeness (QED) is 0.416. The number of hydrogen-bond donors (Lipinski definition) is 1. The van der Waals surface area contributed by atoms with Crippen LogP contribution in [-0.4, -0.2) is 35.4 Å². The maximum atomic E-state index is 12.6. The van der Waals surface area contributed by atoms with Crippen LogP contribution in [0, 0.1) is 13.8 Å². The molecule has 1 amide bonds. The van der Waals surface area contributed by atoms with Gasteiger partial charge in [0, 0.05) is 35.6 Å². The number of amides is 1. The van der Waals surface area contributed by atoms with Gasteiger partial charge in [-0.05, 0) is 43.7 Å². The van der Waals surface area contributed by atoms with Crippen LogP contribution >= 0.6 is 11.3 Å². The number of thiazole rings is 1. The van der Waals surface area contributed by atoms with Gasteiger partial charge in [0.05, 0.1) is 17.6 Å². The highest BCUT2D eigenvalue weighted by molar-refractivity contribution is 7.13. The van der Waals surface area contributed by atoms with Gasteiger partial charge >= 0.3 is 0 Å². The van der Waals surface area contributed by atoms with Crippen molar-refractivity contribution in [3.63, 3.8) is 0 Å². The number of benzene rings is 1. The van der Waals surface area contributed by atoms with Gasteiger partial charge < -0.3 is 5.32 Å². The molecule has 5 aromatic rings. The van der Waals surface area contributed by atoms with E-state index < -0.39 is 0 Å². The average molecular weight is 456 g/mol. The standard InChI is InChI=1S/C24H21N7OS/c1-16-10-17(2)31(29-16)22-9-8-18(11-25-22)12-26-23(32)21-15-33-24(28-21)19-13-27-30(14-19)20-6-4-3-5-7-20/h3-11,13-15H,12H2,1-2H3,(H,26,32). The Morgan fingerprint density at radius 3 is 2.67 bits per heavy atom. The molecule has 1 aromatic carbocycles. The molecule has 164 valence electrons. The molecule has 0 saturated carbocycles. The van der Waals surface area contributed by atoms with E-state index in [-0.39, 0.29) is 5.91 Å². The third kappa shape index (κ3) is 4.44. The molecule has 0 aliphatic rings. The molecule has 0 aliphatic carbocycles. The first-order valence-corrected chi connectivity index (χ1v) is 11.3. The van der Waals surface area contributed by atoms with E-state index in [4.69, 9.17) is 0 Å². The van der Waals surface area contributed by atoms with Gasteiger partial charge in [-0.15, -0.1) is 11.3 Å². The van der Waals surface area contributed by atoms with Crippen LogP contribution in [0.15, 0.2) is 72.5 Å². The number of rotatable bonds is 6. The van der Waals surface area contributed by atoms with Crippen LogP contribution in [0.4, 0.5) is 0 Å². The highest BCUT2D eigenvalue weighted by atomic mass is 32.1. The van der Waals surface area contributed by atoms with E-state index in [1.165, 1.54) is 11.3 Å². The lowest BCUT2D eigenvalue weighted by Gasteiger charge is -2.06. The van der Waals surface area contributed by atoms with Crippen molar-refractivity contribution in [2.45, 2.75) is 20.4 Å². The molecular weight excluding hydrogens is 434 g/mol. The van der Waals surface area contributed by atoms with Crippen LogP contribution in [0.25, 0.3) is 22.1 Å². The zero-order valence-electron chi connectivity index (χ0n) is 18.1. The Morgan fingerprint density at radius 2 is 1.94 bits per heavy atom. The molecule has 0 unspecified atom stereocenters. The highest BCUT2D eigenvalue weighted by Crippen LogP contribution is 2.24. The second-order valence-corrected chi connectivity index (χ2v) is 8.45. The molecule has 8 nitrogen and oxygen atoms in total. The molecule has 0 spiro atoms. The Hall–Kier alpha value is -4.11. The Bertz CT molecular complexity index is 1400. The Kier molecular flexibility index (Phi) is 5.54. The van der Waals surface area contributed by atoms with E-state index in [1.54, 1.807) is 27.1 Å². The van der Waals surface area contributed by atoms with Gasteiger partial charge in [0.2, 0.25) is 0 Å². The van der Waals surface area contributed by atoms with Gasteiger partial charge in [0.1, 0.15) is 10.7 Å². The monoisotopic (exact) mass is 455 g/mol. The molecule has 0 fully saturated rings. The van der Waals surface area contributed by atoms with E-state index in [9.17, 15) is 4.79 Å². The van der Waals surface area contributed by atoms with Crippen molar-refractivity contribution in [1.82, 2.24) is 34.8 Å². The topological polar surface area (TPSA) is 90.5 Å². The van der Waals surface area contributed by atoms with E-state index in [2.05, 4.69) is 25.5 Å². The highest BCUT2D eigenvalue weighted by Gasteiger charge is 2.13. The summed E-state index contributed by atoms with van der Waals surface area (Å²) < 4.78 is 3.59. The average Bonchev–Trinajstić information content (AvgIpc) is 3.58. The molecule has 0 bridgehead atoms. The summed E-state index contributed by atoms with van der Waals surface area (Å²) in [4.78, 5) is 21.6. The molecule has 9 heteroatoms. The summed E-state index contributed by atoms with van der Waals surface area (Å²) in [5, 5.41) is 14.3. The normalized spacial score (nSPS) is 11.0. The number of carbonyl (C=O) groups is 1. The first kappa shape index (κ1) is 20.8. The van der Waals surface area contributed by atoms with Crippen LogP contribution in [-0.2, 0) is 6.54 Å². The molecule has 33 heavy (non-hydrogen) atoms. The second kappa shape index (κ2) is 8.79. The minimum atomic E-state index is -0.226. The van der Waals surface area contributed by atoms with Gasteiger partial charge in [-0.2, -0.15) is 10.2 Å². The summed E-state index contributed by atoms with van der Waals surface area (Å²) >= 11 is 1.42. The SMILES string of the molecule is Cc1cc(C)n(-c2ccc(CNC(=O)c3csc(-c4cnn(-c5ccccc5)c4)n3)cn2)n1. The Labute approximate surface area is 194 Å². The summed E-state index contributed by atoms with van der Waals surface area (Å²) in [5.41, 5.74) is 5.08. The number of para-hydroxylation sites is 1. The summed E-state index contributed by atoms with van der Waals surface area (Å²) in [6.45, 7) is 4.30. The number of aromatic nitrogens is 6. The van der Waals surface area contributed by atoms with Gasteiger partial charge in [0.25, 0.3) is 5.91 Å². The van der Waals surface area contributed by atoms with Crippen LogP contribution in [0.1, 0.15) is 27.4 Å². The maximum absolute atomic E-state index is 12.6. The minimum absolute atomic E-state index is 0.226. The summed E-state index contributed by atoms with van der Waals surface area (Å²) in [5.74, 6) is 0.520. The molecular formula is C24H21N7OS. The number of carbonyl (C=O) groups excluding carboxylic acids is 1. The summed E-state index contributed by atoms with van der Waals surface area (Å²) in [7, 11) is 0. The van der Waals surface area contributed by atoms with Crippen molar-refractivity contribution < 1.29 is 4.79 Å². The van der Waals surface area contributed by atoms with Crippen LogP contribution < -0.4 is 5.32 Å². The van der Waals surface area contributed by atoms with E-state index in [1.807, 2.05) is 68.6 Å². The fourth-order valence-corrected chi connectivity index (χ4v) is 4.22. The lowest BCUT2D eigenvalue weighted by Crippen LogP contribution is -2.23. The van der Waals surface area contributed by atoms with E-state index >= 15 is 0 Å². The number of nitrogens with one attached hydrogen (secondary N) is 1. The van der Waals surface area contributed by atoms with Crippen LogP contribution in [0.3, 0.4) is 0 Å². The molecule has 5 rings (SSSR count). The van der Waals surface area contributed by atoms with Crippen LogP contribution in [0.5, 0.6) is 0 Å². The van der Waals surface area contributed by atoms with Gasteiger partial charge in [-0.25, -0.2) is 19.3 Å². The van der Waals surface area contributed by atoms with Crippen molar-refractivity contribution in [3.8, 4) is 22.1 Å². The number of nitrogens with zero attached hydrogens (tertiary/aromatic N) is 6. The third-order valence-electron chi connectivity index (χ3n) is 5.08.